The molecule has 0 saturated carbocycles. The van der Waals surface area contributed by atoms with E-state index < -0.39 is 6.79 Å². The minimum atomic E-state index is -0.433. The summed E-state index contributed by atoms with van der Waals surface area (Å²) in [6.45, 7) is 3.67. The Morgan fingerprint density at radius 1 is 0.481 bits per heavy atom. The molecule has 52 heavy (non-hydrogen) atoms. The molecule has 3 aromatic heterocycles. The molecule has 0 unspecified atom stereocenters. The minimum absolute atomic E-state index is 0.0636. The quantitative estimate of drug-likeness (QED) is 0.0919. The third-order valence-corrected chi connectivity index (χ3v) is 8.04. The molecule has 15 nitrogen and oxygen atoms in total. The van der Waals surface area contributed by atoms with Gasteiger partial charge in [-0.2, -0.15) is 0 Å². The summed E-state index contributed by atoms with van der Waals surface area (Å²) in [7, 11) is 8.56. The van der Waals surface area contributed by atoms with Gasteiger partial charge in [-0.3, -0.25) is 14.4 Å². The van der Waals surface area contributed by atoms with Crippen molar-refractivity contribution in [2.24, 2.45) is 0 Å². The Balaban J connectivity index is 0.000000257. The number of phenols is 1. The van der Waals surface area contributed by atoms with Gasteiger partial charge in [0.15, 0.2) is 51.3 Å². The van der Waals surface area contributed by atoms with Gasteiger partial charge in [-0.1, -0.05) is 0 Å². The van der Waals surface area contributed by atoms with Crippen LogP contribution in [0.2, 0.25) is 0 Å². The molecule has 0 fully saturated rings. The van der Waals surface area contributed by atoms with Crippen molar-refractivity contribution >= 4 is 50.3 Å². The lowest BCUT2D eigenvalue weighted by molar-refractivity contribution is 0.0949. The number of rotatable bonds is 13. The van der Waals surface area contributed by atoms with Gasteiger partial charge in [0.1, 0.15) is 33.9 Å². The van der Waals surface area contributed by atoms with Gasteiger partial charge in [0.25, 0.3) is 0 Å². The van der Waals surface area contributed by atoms with E-state index in [2.05, 4.69) is 0 Å². The zero-order valence-electron chi connectivity index (χ0n) is 29.8. The Morgan fingerprint density at radius 3 is 1.10 bits per heavy atom. The summed E-state index contributed by atoms with van der Waals surface area (Å²) in [5, 5.41) is 11.7. The first kappa shape index (κ1) is 36.8. The number of carbonyl (C=O) groups excluding carboxylic acids is 3. The first-order valence-corrected chi connectivity index (χ1v) is 15.4. The lowest BCUT2D eigenvalue weighted by atomic mass is 10.0. The van der Waals surface area contributed by atoms with Gasteiger partial charge < -0.3 is 56.3 Å². The van der Waals surface area contributed by atoms with Gasteiger partial charge in [0, 0.05) is 0 Å². The van der Waals surface area contributed by atoms with Crippen LogP contribution < -0.4 is 37.9 Å². The molecule has 1 N–H and O–H groups in total. The third kappa shape index (κ3) is 6.10. The fraction of sp³-hybridized carbons (Fsp3) is 0.270. The molecule has 15 heteroatoms. The molecule has 0 radical (unpaired) electrons. The predicted octanol–water partition coefficient (Wildman–Crippen LogP) is 7.39. The Kier molecular flexibility index (Phi) is 10.7. The lowest BCUT2D eigenvalue weighted by Crippen LogP contribution is -2.13. The molecule has 0 amide bonds. The second-order valence-corrected chi connectivity index (χ2v) is 10.9. The summed E-state index contributed by atoms with van der Waals surface area (Å²) in [5.74, 6) is 0.279. The molecule has 274 valence electrons. The van der Waals surface area contributed by atoms with Crippen molar-refractivity contribution in [2.75, 3.05) is 49.5 Å². The fourth-order valence-corrected chi connectivity index (χ4v) is 5.95. The summed E-state index contributed by atoms with van der Waals surface area (Å²) < 4.78 is 60.3. The number of Topliss-reactive ketones (excluding diaryl/α,β-unsaturated/α-hetero) is 3. The van der Waals surface area contributed by atoms with E-state index in [4.69, 9.17) is 51.1 Å². The van der Waals surface area contributed by atoms with Crippen molar-refractivity contribution in [3.63, 3.8) is 0 Å². The Bertz CT molecular complexity index is 2200. The van der Waals surface area contributed by atoms with Crippen LogP contribution >= 0.6 is 0 Å². The van der Waals surface area contributed by atoms with E-state index in [1.807, 2.05) is 0 Å². The van der Waals surface area contributed by atoms with Gasteiger partial charge in [0.05, 0.1) is 77.6 Å². The number of furan rings is 3. The molecule has 3 aromatic carbocycles. The van der Waals surface area contributed by atoms with Crippen LogP contribution in [0, 0.1) is 0 Å². The molecule has 0 aliphatic heterocycles. The molecule has 0 saturated heterocycles. The SMILES string of the molecule is COc1c(C(C)=O)c(O)c(OC)c2occc12.COc1c(C(C)=O)c(OCOc2c(C(C)=O)c(OC)c3ccoc3c2OC)c(OC)c2occc12. The molecule has 0 aliphatic rings. The average Bonchev–Trinajstić information content (AvgIpc) is 3.91. The van der Waals surface area contributed by atoms with Crippen LogP contribution in [0.4, 0.5) is 0 Å². The van der Waals surface area contributed by atoms with Crippen LogP contribution in [-0.2, 0) is 0 Å². The van der Waals surface area contributed by atoms with Crippen molar-refractivity contribution in [1.82, 2.24) is 0 Å². The second-order valence-electron chi connectivity index (χ2n) is 10.9. The summed E-state index contributed by atoms with van der Waals surface area (Å²) in [4.78, 5) is 36.7. The van der Waals surface area contributed by atoms with E-state index in [-0.39, 0.29) is 80.0 Å². The monoisotopic (exact) mass is 720 g/mol. The van der Waals surface area contributed by atoms with Crippen molar-refractivity contribution in [3.05, 3.63) is 53.7 Å². The number of phenolic OH excluding ortho intramolecular Hbond substituents is 1. The van der Waals surface area contributed by atoms with Gasteiger partial charge in [-0.25, -0.2) is 0 Å². The highest BCUT2D eigenvalue weighted by Gasteiger charge is 2.30. The highest BCUT2D eigenvalue weighted by atomic mass is 16.7. The van der Waals surface area contributed by atoms with Gasteiger partial charge in [-0.05, 0) is 39.0 Å². The maximum absolute atomic E-state index is 12.6. The minimum Gasteiger partial charge on any atom is -0.504 e. The molecule has 0 aliphatic carbocycles. The maximum atomic E-state index is 12.6. The van der Waals surface area contributed by atoms with E-state index in [0.717, 1.165) is 0 Å². The average molecular weight is 721 g/mol. The highest BCUT2D eigenvalue weighted by molar-refractivity contribution is 6.10. The number of carbonyl (C=O) groups is 3. The standard InChI is InChI=1S/C25H24O10.C12H12O5/c1-12(26)16-18(28-3)14-7-9-32-20(14)24(30-5)22(16)34-11-35-23-17(13(2)27)19(29-4)15-8-10-33-21(15)25(23)31-6;1-6(13)8-9(14)12(16-3)11-7(4-5-17-11)10(8)15-2/h7-10H,11H2,1-6H3;4-5,14H,1-3H3. The zero-order chi connectivity index (χ0) is 37.9. The fourth-order valence-electron chi connectivity index (χ4n) is 5.95. The molecule has 0 spiro atoms. The number of methoxy groups -OCH3 is 6. The smallest absolute Gasteiger partial charge is 0.231 e. The number of hydrogen-bond acceptors (Lipinski definition) is 15. The molecule has 3 heterocycles. The maximum Gasteiger partial charge on any atom is 0.231 e. The second kappa shape index (κ2) is 15.2. The van der Waals surface area contributed by atoms with Crippen LogP contribution in [0.25, 0.3) is 32.9 Å². The molecule has 0 atom stereocenters. The number of aromatic hydroxyl groups is 1. The number of ketones is 3. The highest BCUT2D eigenvalue weighted by Crippen LogP contribution is 2.49. The van der Waals surface area contributed by atoms with Crippen molar-refractivity contribution < 1.29 is 70.6 Å². The van der Waals surface area contributed by atoms with E-state index in [1.54, 1.807) is 18.2 Å². The number of hydrogen-bond donors (Lipinski definition) is 1. The van der Waals surface area contributed by atoms with Crippen molar-refractivity contribution in [3.8, 4) is 51.7 Å². The van der Waals surface area contributed by atoms with Crippen molar-refractivity contribution in [1.29, 1.82) is 0 Å². The number of ether oxygens (including phenoxy) is 8. The zero-order valence-corrected chi connectivity index (χ0v) is 29.8. The number of benzene rings is 3. The van der Waals surface area contributed by atoms with Crippen LogP contribution in [0.1, 0.15) is 51.8 Å². The first-order valence-electron chi connectivity index (χ1n) is 15.4. The van der Waals surface area contributed by atoms with E-state index in [1.165, 1.54) is 82.2 Å². The van der Waals surface area contributed by atoms with E-state index in [0.29, 0.717) is 38.7 Å². The summed E-state index contributed by atoms with van der Waals surface area (Å²) in [6, 6.07) is 4.99. The molecule has 6 aromatic rings. The van der Waals surface area contributed by atoms with Crippen molar-refractivity contribution in [2.45, 2.75) is 20.8 Å². The lowest BCUT2D eigenvalue weighted by Gasteiger charge is -2.20. The predicted molar refractivity (Wildman–Crippen MR) is 186 cm³/mol. The van der Waals surface area contributed by atoms with Crippen LogP contribution in [0.5, 0.6) is 51.7 Å². The summed E-state index contributed by atoms with van der Waals surface area (Å²) >= 11 is 0. The topological polar surface area (TPSA) is 185 Å². The van der Waals surface area contributed by atoms with Crippen LogP contribution in [-0.4, -0.2) is 71.9 Å². The number of fused-ring (bicyclic) bond motifs is 3. The van der Waals surface area contributed by atoms with E-state index in [9.17, 15) is 19.5 Å². The van der Waals surface area contributed by atoms with Crippen LogP contribution in [0.3, 0.4) is 0 Å². The van der Waals surface area contributed by atoms with Gasteiger partial charge in [0.2, 0.25) is 24.0 Å². The Hall–Kier alpha value is -6.51. The van der Waals surface area contributed by atoms with Gasteiger partial charge >= 0.3 is 0 Å². The summed E-state index contributed by atoms with van der Waals surface area (Å²) in [5.41, 5.74) is 1.43. The molecule has 0 bridgehead atoms. The normalized spacial score (nSPS) is 10.8. The first-order chi connectivity index (χ1) is 25.0. The Labute approximate surface area is 296 Å². The molecular weight excluding hydrogens is 684 g/mol. The molecule has 6 rings (SSSR count). The van der Waals surface area contributed by atoms with E-state index >= 15 is 0 Å². The largest absolute Gasteiger partial charge is 0.504 e. The third-order valence-electron chi connectivity index (χ3n) is 8.04. The Morgan fingerprint density at radius 2 is 0.788 bits per heavy atom. The molecular formula is C37H36O15. The van der Waals surface area contributed by atoms with Crippen LogP contribution in [0.15, 0.2) is 50.2 Å². The summed E-state index contributed by atoms with van der Waals surface area (Å²) in [6.07, 6.45) is 4.35. The van der Waals surface area contributed by atoms with Gasteiger partial charge in [-0.15, -0.1) is 0 Å².